The minimum atomic E-state index is -0.262. The van der Waals surface area contributed by atoms with Crippen molar-refractivity contribution < 1.29 is 9.59 Å². The zero-order chi connectivity index (χ0) is 20.9. The fourth-order valence-corrected chi connectivity index (χ4v) is 4.75. The van der Waals surface area contributed by atoms with E-state index >= 15 is 0 Å². The molecule has 1 saturated heterocycles. The molecule has 2 aromatic heterocycles. The molecular formula is C23H27N5O2. The molecule has 5 rings (SSSR count). The number of nitrogens with one attached hydrogen (secondary N) is 1. The molecule has 1 N–H and O–H groups in total. The third-order valence-electron chi connectivity index (χ3n) is 6.43. The highest BCUT2D eigenvalue weighted by molar-refractivity contribution is 5.89. The number of hydrogen-bond donors (Lipinski definition) is 1. The molecule has 7 nitrogen and oxygen atoms in total. The van der Waals surface area contributed by atoms with Crippen LogP contribution in [0.2, 0.25) is 0 Å². The highest BCUT2D eigenvalue weighted by Crippen LogP contribution is 2.41. The number of nitrogens with zero attached hydrogens (tertiary/aromatic N) is 4. The second-order valence-corrected chi connectivity index (χ2v) is 9.62. The van der Waals surface area contributed by atoms with Gasteiger partial charge in [0.25, 0.3) is 0 Å². The summed E-state index contributed by atoms with van der Waals surface area (Å²) in [6.45, 7) is 4.96. The Labute approximate surface area is 176 Å². The van der Waals surface area contributed by atoms with Crippen molar-refractivity contribution in [2.45, 2.75) is 58.0 Å². The van der Waals surface area contributed by atoms with Gasteiger partial charge in [0.1, 0.15) is 0 Å². The van der Waals surface area contributed by atoms with Gasteiger partial charge in [-0.1, -0.05) is 13.8 Å². The van der Waals surface area contributed by atoms with Crippen molar-refractivity contribution >= 4 is 11.8 Å². The van der Waals surface area contributed by atoms with E-state index in [1.807, 2.05) is 23.2 Å². The zero-order valence-electron chi connectivity index (χ0n) is 17.5. The molecule has 1 aliphatic heterocycles. The third-order valence-corrected chi connectivity index (χ3v) is 6.43. The molecule has 7 heteroatoms. The maximum absolute atomic E-state index is 13.0. The van der Waals surface area contributed by atoms with E-state index in [9.17, 15) is 9.59 Å². The summed E-state index contributed by atoms with van der Waals surface area (Å²) >= 11 is 0. The van der Waals surface area contributed by atoms with E-state index in [2.05, 4.69) is 29.1 Å². The first-order valence-electron chi connectivity index (χ1n) is 10.8. The van der Waals surface area contributed by atoms with Gasteiger partial charge < -0.3 is 10.2 Å². The molecule has 0 spiro atoms. The summed E-state index contributed by atoms with van der Waals surface area (Å²) in [5, 5.41) is 3.22. The van der Waals surface area contributed by atoms with Crippen molar-refractivity contribution in [2.24, 2.45) is 11.3 Å². The molecule has 156 valence electrons. The number of fused-ring (bicyclic) bond motifs is 1. The number of hydrogen-bond acceptors (Lipinski definition) is 5. The topological polar surface area (TPSA) is 88.1 Å². The summed E-state index contributed by atoms with van der Waals surface area (Å²) in [7, 11) is 0. The van der Waals surface area contributed by atoms with Gasteiger partial charge in [-0.3, -0.25) is 14.6 Å². The van der Waals surface area contributed by atoms with Crippen LogP contribution in [0.1, 0.15) is 56.8 Å². The Kier molecular flexibility index (Phi) is 4.56. The standard InChI is InChI=1S/C23H27N5O2/c1-23(2)9-18-17(12-25-21(26-18)14-4-3-7-24-11-14)19(10-23)27-22(30)15-8-20(29)28(13-15)16-5-6-16/h3-4,7,11-12,15-16,19H,5-6,8-10,13H2,1-2H3,(H,27,30)/t15-,19+/m0/s1. The average Bonchev–Trinajstić information content (AvgIpc) is 3.48. The van der Waals surface area contributed by atoms with Crippen LogP contribution in [-0.2, 0) is 16.0 Å². The molecular weight excluding hydrogens is 378 g/mol. The second kappa shape index (κ2) is 7.15. The van der Waals surface area contributed by atoms with Crippen LogP contribution in [0.15, 0.2) is 30.7 Å². The van der Waals surface area contributed by atoms with Crippen molar-refractivity contribution in [2.75, 3.05) is 6.54 Å². The van der Waals surface area contributed by atoms with Gasteiger partial charge in [-0.15, -0.1) is 0 Å². The Hall–Kier alpha value is -2.83. The SMILES string of the molecule is CC1(C)Cc2nc(-c3cccnc3)ncc2[C@H](NC(=O)[C@H]2CC(=O)N(C3CC3)C2)C1. The molecule has 0 unspecified atom stereocenters. The number of rotatable bonds is 4. The van der Waals surface area contributed by atoms with Crippen LogP contribution < -0.4 is 5.32 Å². The second-order valence-electron chi connectivity index (χ2n) is 9.62. The largest absolute Gasteiger partial charge is 0.349 e. The van der Waals surface area contributed by atoms with Gasteiger partial charge in [-0.05, 0) is 43.2 Å². The Morgan fingerprint density at radius 2 is 2.10 bits per heavy atom. The third kappa shape index (κ3) is 3.68. The summed E-state index contributed by atoms with van der Waals surface area (Å²) in [5.74, 6) is 0.483. The zero-order valence-corrected chi connectivity index (χ0v) is 17.5. The van der Waals surface area contributed by atoms with E-state index in [4.69, 9.17) is 4.98 Å². The predicted octanol–water partition coefficient (Wildman–Crippen LogP) is 2.68. The normalized spacial score (nSPS) is 25.1. The lowest BCUT2D eigenvalue weighted by Crippen LogP contribution is -2.40. The van der Waals surface area contributed by atoms with Gasteiger partial charge in [0.05, 0.1) is 17.7 Å². The monoisotopic (exact) mass is 405 g/mol. The smallest absolute Gasteiger partial charge is 0.225 e. The van der Waals surface area contributed by atoms with E-state index in [-0.39, 0.29) is 29.2 Å². The van der Waals surface area contributed by atoms with Crippen molar-refractivity contribution in [1.82, 2.24) is 25.2 Å². The summed E-state index contributed by atoms with van der Waals surface area (Å²) in [6.07, 6.45) is 9.47. The molecule has 3 aliphatic rings. The Morgan fingerprint density at radius 1 is 1.27 bits per heavy atom. The summed E-state index contributed by atoms with van der Waals surface area (Å²) in [4.78, 5) is 40.7. The lowest BCUT2D eigenvalue weighted by Gasteiger charge is -2.37. The lowest BCUT2D eigenvalue weighted by molar-refractivity contribution is -0.129. The first-order valence-corrected chi connectivity index (χ1v) is 10.8. The highest BCUT2D eigenvalue weighted by Gasteiger charge is 2.43. The molecule has 2 fully saturated rings. The van der Waals surface area contributed by atoms with E-state index in [1.165, 1.54) is 0 Å². The summed E-state index contributed by atoms with van der Waals surface area (Å²) in [6, 6.07) is 4.05. The van der Waals surface area contributed by atoms with Crippen LogP contribution in [0.3, 0.4) is 0 Å². The summed E-state index contributed by atoms with van der Waals surface area (Å²) in [5.41, 5.74) is 2.86. The molecule has 1 saturated carbocycles. The Morgan fingerprint density at radius 3 is 2.83 bits per heavy atom. The minimum absolute atomic E-state index is 0.0110. The quantitative estimate of drug-likeness (QED) is 0.845. The molecule has 3 heterocycles. The predicted molar refractivity (Wildman–Crippen MR) is 111 cm³/mol. The minimum Gasteiger partial charge on any atom is -0.349 e. The average molecular weight is 406 g/mol. The highest BCUT2D eigenvalue weighted by atomic mass is 16.2. The number of aromatic nitrogens is 3. The number of likely N-dealkylation sites (tertiary alicyclic amines) is 1. The van der Waals surface area contributed by atoms with Crippen LogP contribution in [0.4, 0.5) is 0 Å². The van der Waals surface area contributed by atoms with Gasteiger partial charge in [0, 0.05) is 48.7 Å². The van der Waals surface area contributed by atoms with Gasteiger partial charge in [-0.2, -0.15) is 0 Å². The number of carbonyl (C=O) groups is 2. The fourth-order valence-electron chi connectivity index (χ4n) is 4.75. The first kappa shape index (κ1) is 19.2. The first-order chi connectivity index (χ1) is 14.4. The molecule has 30 heavy (non-hydrogen) atoms. The van der Waals surface area contributed by atoms with Crippen LogP contribution in [0.25, 0.3) is 11.4 Å². The van der Waals surface area contributed by atoms with E-state index in [1.54, 1.807) is 12.4 Å². The number of amides is 2. The van der Waals surface area contributed by atoms with Gasteiger partial charge >= 0.3 is 0 Å². The van der Waals surface area contributed by atoms with Crippen LogP contribution in [0.5, 0.6) is 0 Å². The van der Waals surface area contributed by atoms with Gasteiger partial charge in [0.15, 0.2) is 5.82 Å². The maximum atomic E-state index is 13.0. The number of pyridine rings is 1. The molecule has 0 aromatic carbocycles. The molecule has 0 radical (unpaired) electrons. The lowest BCUT2D eigenvalue weighted by atomic mass is 9.74. The van der Waals surface area contributed by atoms with E-state index in [0.29, 0.717) is 24.8 Å². The van der Waals surface area contributed by atoms with E-state index < -0.39 is 0 Å². The molecule has 2 aromatic rings. The molecule has 2 amide bonds. The van der Waals surface area contributed by atoms with Gasteiger partial charge in [0.2, 0.25) is 11.8 Å². The molecule has 2 atom stereocenters. The maximum Gasteiger partial charge on any atom is 0.225 e. The van der Waals surface area contributed by atoms with Crippen LogP contribution >= 0.6 is 0 Å². The van der Waals surface area contributed by atoms with E-state index in [0.717, 1.165) is 42.5 Å². The summed E-state index contributed by atoms with van der Waals surface area (Å²) < 4.78 is 0. The molecule has 0 bridgehead atoms. The van der Waals surface area contributed by atoms with Crippen molar-refractivity contribution in [3.8, 4) is 11.4 Å². The number of carbonyl (C=O) groups excluding carboxylic acids is 2. The van der Waals surface area contributed by atoms with Crippen molar-refractivity contribution in [3.05, 3.63) is 42.0 Å². The van der Waals surface area contributed by atoms with Crippen LogP contribution in [-0.4, -0.2) is 44.3 Å². The Balaban J connectivity index is 1.37. The molecule has 2 aliphatic carbocycles. The van der Waals surface area contributed by atoms with Crippen molar-refractivity contribution in [3.63, 3.8) is 0 Å². The van der Waals surface area contributed by atoms with Crippen molar-refractivity contribution in [1.29, 1.82) is 0 Å². The Bertz CT molecular complexity index is 986. The van der Waals surface area contributed by atoms with Crippen LogP contribution in [0, 0.1) is 11.3 Å². The fraction of sp³-hybridized carbons (Fsp3) is 0.522. The van der Waals surface area contributed by atoms with Gasteiger partial charge in [-0.25, -0.2) is 9.97 Å².